The van der Waals surface area contributed by atoms with Gasteiger partial charge in [-0.05, 0) is 25.8 Å². The Kier molecular flexibility index (Phi) is 6.99. The third kappa shape index (κ3) is 4.34. The Balaban J connectivity index is 3.05. The Morgan fingerprint density at radius 1 is 1.33 bits per heavy atom. The van der Waals surface area contributed by atoms with E-state index in [1.165, 1.54) is 0 Å². The van der Waals surface area contributed by atoms with E-state index < -0.39 is 5.97 Å². The van der Waals surface area contributed by atoms with E-state index in [9.17, 15) is 4.79 Å². The molecular formula is C16H27N3O2. The minimum atomic E-state index is -0.391. The van der Waals surface area contributed by atoms with Gasteiger partial charge in [-0.3, -0.25) is 0 Å². The highest BCUT2D eigenvalue weighted by atomic mass is 16.5. The number of hydrogen-bond acceptors (Lipinski definition) is 5. The minimum Gasteiger partial charge on any atom is -0.462 e. The van der Waals surface area contributed by atoms with Crippen molar-refractivity contribution in [3.8, 4) is 0 Å². The molecule has 0 saturated carbocycles. The van der Waals surface area contributed by atoms with Crippen LogP contribution in [0.5, 0.6) is 0 Å². The fourth-order valence-corrected chi connectivity index (χ4v) is 2.32. The summed E-state index contributed by atoms with van der Waals surface area (Å²) in [6, 6.07) is 1.61. The molecule has 5 heteroatoms. The van der Waals surface area contributed by atoms with Gasteiger partial charge in [0.15, 0.2) is 5.82 Å². The van der Waals surface area contributed by atoms with Crippen molar-refractivity contribution in [3.05, 3.63) is 17.8 Å². The highest BCUT2D eigenvalue weighted by molar-refractivity contribution is 5.97. The molecule has 2 N–H and O–H groups in total. The third-order valence-corrected chi connectivity index (χ3v) is 3.78. The number of ether oxygens (including phenoxy) is 1. The molecule has 118 valence electrons. The second-order valence-corrected chi connectivity index (χ2v) is 5.04. The lowest BCUT2D eigenvalue weighted by molar-refractivity contribution is 0.0527. The predicted molar refractivity (Wildman–Crippen MR) is 86.6 cm³/mol. The van der Waals surface area contributed by atoms with E-state index in [0.717, 1.165) is 25.9 Å². The van der Waals surface area contributed by atoms with Crippen molar-refractivity contribution >= 4 is 17.5 Å². The van der Waals surface area contributed by atoms with Crippen molar-refractivity contribution in [2.24, 2.45) is 5.92 Å². The number of rotatable bonds is 8. The molecule has 0 aromatic carbocycles. The van der Waals surface area contributed by atoms with Gasteiger partial charge in [0.05, 0.1) is 17.9 Å². The number of esters is 1. The molecule has 0 spiro atoms. The van der Waals surface area contributed by atoms with Crippen LogP contribution in [0.4, 0.5) is 11.5 Å². The van der Waals surface area contributed by atoms with Gasteiger partial charge >= 0.3 is 5.97 Å². The lowest BCUT2D eigenvalue weighted by Gasteiger charge is -2.27. The predicted octanol–water partition coefficient (Wildman–Crippen LogP) is 3.10. The first kappa shape index (κ1) is 17.3. The Morgan fingerprint density at radius 3 is 2.52 bits per heavy atom. The second-order valence-electron chi connectivity index (χ2n) is 5.04. The van der Waals surface area contributed by atoms with E-state index in [1.54, 1.807) is 19.2 Å². The Labute approximate surface area is 127 Å². The summed E-state index contributed by atoms with van der Waals surface area (Å²) in [6.45, 7) is 10.3. The smallest absolute Gasteiger partial charge is 0.340 e. The zero-order valence-corrected chi connectivity index (χ0v) is 13.6. The van der Waals surface area contributed by atoms with Gasteiger partial charge < -0.3 is 15.4 Å². The van der Waals surface area contributed by atoms with E-state index in [4.69, 9.17) is 10.5 Å². The summed E-state index contributed by atoms with van der Waals surface area (Å²) in [5.41, 5.74) is 6.94. The monoisotopic (exact) mass is 293 g/mol. The van der Waals surface area contributed by atoms with Crippen LogP contribution in [0, 0.1) is 5.92 Å². The molecule has 1 rings (SSSR count). The lowest BCUT2D eigenvalue weighted by atomic mass is 10.0. The number of hydrogen-bond donors (Lipinski definition) is 1. The molecule has 0 radical (unpaired) electrons. The molecule has 0 unspecified atom stereocenters. The molecular weight excluding hydrogens is 266 g/mol. The van der Waals surface area contributed by atoms with Crippen LogP contribution in [0.1, 0.15) is 50.9 Å². The maximum absolute atomic E-state index is 11.9. The largest absolute Gasteiger partial charge is 0.462 e. The van der Waals surface area contributed by atoms with Crippen molar-refractivity contribution < 1.29 is 9.53 Å². The molecule has 0 aliphatic heterocycles. The van der Waals surface area contributed by atoms with Gasteiger partial charge in [-0.25, -0.2) is 9.78 Å². The van der Waals surface area contributed by atoms with Crippen molar-refractivity contribution in [3.63, 3.8) is 0 Å². The number of carbonyl (C=O) groups is 1. The second kappa shape index (κ2) is 8.49. The van der Waals surface area contributed by atoms with E-state index in [1.807, 2.05) is 0 Å². The first-order valence-electron chi connectivity index (χ1n) is 7.75. The average molecular weight is 293 g/mol. The first-order valence-corrected chi connectivity index (χ1v) is 7.75. The zero-order valence-electron chi connectivity index (χ0n) is 13.6. The number of nitrogen functional groups attached to an aromatic ring is 1. The highest BCUT2D eigenvalue weighted by Crippen LogP contribution is 2.26. The summed E-state index contributed by atoms with van der Waals surface area (Å²) >= 11 is 0. The van der Waals surface area contributed by atoms with Crippen molar-refractivity contribution in [1.29, 1.82) is 0 Å². The summed E-state index contributed by atoms with van der Waals surface area (Å²) in [5.74, 6) is 0.879. The Morgan fingerprint density at radius 2 is 2.00 bits per heavy atom. The zero-order chi connectivity index (χ0) is 15.8. The van der Waals surface area contributed by atoms with Crippen molar-refractivity contribution in [1.82, 2.24) is 4.98 Å². The summed E-state index contributed by atoms with van der Waals surface area (Å²) in [4.78, 5) is 18.4. The standard InChI is InChI=1S/C16H27N3O2/c1-5-12(6-2)11-19(7-3)15-14(17)13(9-10-18-15)16(20)21-8-4/h9-10,12H,5-8,11,17H2,1-4H3. The number of nitrogens with zero attached hydrogens (tertiary/aromatic N) is 2. The summed E-state index contributed by atoms with van der Waals surface area (Å²) < 4.78 is 5.04. The molecule has 0 aliphatic rings. The molecule has 1 heterocycles. The van der Waals surface area contributed by atoms with E-state index in [0.29, 0.717) is 29.6 Å². The van der Waals surface area contributed by atoms with Gasteiger partial charge in [-0.2, -0.15) is 0 Å². The van der Waals surface area contributed by atoms with E-state index in [2.05, 4.69) is 30.7 Å². The number of carbonyl (C=O) groups excluding carboxylic acids is 1. The number of nitrogens with two attached hydrogens (primary N) is 1. The molecule has 0 bridgehead atoms. The number of aromatic nitrogens is 1. The Bertz CT molecular complexity index is 459. The molecule has 0 atom stereocenters. The van der Waals surface area contributed by atoms with E-state index in [-0.39, 0.29) is 0 Å². The molecule has 1 aromatic rings. The molecule has 5 nitrogen and oxygen atoms in total. The third-order valence-electron chi connectivity index (χ3n) is 3.78. The van der Waals surface area contributed by atoms with Crippen LogP contribution in [0.25, 0.3) is 0 Å². The molecule has 0 aliphatic carbocycles. The molecule has 21 heavy (non-hydrogen) atoms. The summed E-state index contributed by atoms with van der Waals surface area (Å²) in [6.07, 6.45) is 3.85. The van der Waals surface area contributed by atoms with Crippen LogP contribution < -0.4 is 10.6 Å². The fourth-order valence-electron chi connectivity index (χ4n) is 2.32. The minimum absolute atomic E-state index is 0.334. The van der Waals surface area contributed by atoms with Gasteiger partial charge in [0.25, 0.3) is 0 Å². The highest BCUT2D eigenvalue weighted by Gasteiger charge is 2.19. The maximum Gasteiger partial charge on any atom is 0.340 e. The topological polar surface area (TPSA) is 68.5 Å². The average Bonchev–Trinajstić information content (AvgIpc) is 2.49. The fraction of sp³-hybridized carbons (Fsp3) is 0.625. The molecule has 0 saturated heterocycles. The molecule has 0 fully saturated rings. The van der Waals surface area contributed by atoms with Crippen LogP contribution in [0.2, 0.25) is 0 Å². The first-order chi connectivity index (χ1) is 10.1. The van der Waals surface area contributed by atoms with Gasteiger partial charge in [-0.1, -0.05) is 26.7 Å². The van der Waals surface area contributed by atoms with Crippen LogP contribution in [-0.4, -0.2) is 30.6 Å². The normalized spacial score (nSPS) is 10.7. The quantitative estimate of drug-likeness (QED) is 0.746. The number of anilines is 2. The van der Waals surface area contributed by atoms with Gasteiger partial charge in [0.2, 0.25) is 0 Å². The van der Waals surface area contributed by atoms with Gasteiger partial charge in [0.1, 0.15) is 0 Å². The molecule has 1 aromatic heterocycles. The summed E-state index contributed by atoms with van der Waals surface area (Å²) in [7, 11) is 0. The maximum atomic E-state index is 11.9. The van der Waals surface area contributed by atoms with Crippen LogP contribution in [0.3, 0.4) is 0 Å². The van der Waals surface area contributed by atoms with Crippen LogP contribution >= 0.6 is 0 Å². The van der Waals surface area contributed by atoms with Gasteiger partial charge in [-0.15, -0.1) is 0 Å². The van der Waals surface area contributed by atoms with Crippen LogP contribution in [0.15, 0.2) is 12.3 Å². The van der Waals surface area contributed by atoms with Crippen molar-refractivity contribution in [2.45, 2.75) is 40.5 Å². The lowest BCUT2D eigenvalue weighted by Crippen LogP contribution is -2.31. The van der Waals surface area contributed by atoms with Crippen LogP contribution in [-0.2, 0) is 4.74 Å². The SMILES string of the molecule is CCOC(=O)c1ccnc(N(CC)CC(CC)CC)c1N. The summed E-state index contributed by atoms with van der Waals surface area (Å²) in [5, 5.41) is 0. The van der Waals surface area contributed by atoms with Crippen molar-refractivity contribution in [2.75, 3.05) is 30.3 Å². The van der Waals surface area contributed by atoms with E-state index >= 15 is 0 Å². The number of pyridine rings is 1. The van der Waals surface area contributed by atoms with Gasteiger partial charge in [0, 0.05) is 19.3 Å². The molecule has 0 amide bonds. The Hall–Kier alpha value is -1.78.